The first-order chi connectivity index (χ1) is 12.8. The van der Waals surface area contributed by atoms with Crippen molar-refractivity contribution >= 4 is 38.7 Å². The van der Waals surface area contributed by atoms with Gasteiger partial charge in [-0.15, -0.1) is 0 Å². The number of anilines is 1. The summed E-state index contributed by atoms with van der Waals surface area (Å²) < 4.78 is 6.50. The molecule has 1 atom stereocenters. The maximum atomic E-state index is 12.6. The molecule has 1 saturated carbocycles. The van der Waals surface area contributed by atoms with Gasteiger partial charge in [-0.3, -0.25) is 4.79 Å². The van der Waals surface area contributed by atoms with Crippen molar-refractivity contribution in [1.82, 2.24) is 9.88 Å². The van der Waals surface area contributed by atoms with Crippen molar-refractivity contribution in [2.45, 2.75) is 51.6 Å². The average Bonchev–Trinajstić information content (AvgIpc) is 3.16. The van der Waals surface area contributed by atoms with Gasteiger partial charge in [0.15, 0.2) is 5.13 Å². The lowest BCUT2D eigenvalue weighted by molar-refractivity contribution is -0.119. The lowest BCUT2D eigenvalue weighted by Gasteiger charge is -2.24. The Morgan fingerprint density at radius 3 is 2.74 bits per heavy atom. The van der Waals surface area contributed by atoms with E-state index in [2.05, 4.69) is 22.4 Å². The predicted octanol–water partition coefficient (Wildman–Crippen LogP) is 4.37. The minimum atomic E-state index is -0.530. The molecule has 1 aliphatic carbocycles. The number of carbonyl (C=O) groups is 2. The molecule has 6 nitrogen and oxygen atoms in total. The molecule has 2 aromatic rings. The van der Waals surface area contributed by atoms with E-state index in [1.54, 1.807) is 4.90 Å². The van der Waals surface area contributed by atoms with E-state index in [0.29, 0.717) is 30.6 Å². The first-order valence-corrected chi connectivity index (χ1v) is 10.3. The van der Waals surface area contributed by atoms with Crippen LogP contribution >= 0.6 is 11.3 Å². The third-order valence-electron chi connectivity index (χ3n) is 4.90. The third kappa shape index (κ3) is 4.24. The largest absolute Gasteiger partial charge is 0.444 e. The topological polar surface area (TPSA) is 71.5 Å². The molecular weight excluding hydrogens is 362 g/mol. The highest BCUT2D eigenvalue weighted by Crippen LogP contribution is 2.41. The maximum absolute atomic E-state index is 12.6. The van der Waals surface area contributed by atoms with Crippen molar-refractivity contribution in [1.29, 1.82) is 0 Å². The van der Waals surface area contributed by atoms with Crippen LogP contribution in [-0.2, 0) is 9.53 Å². The number of amides is 2. The first-order valence-electron chi connectivity index (χ1n) is 9.48. The standard InChI is InChI=1S/C20H25N3O3S/c1-20(2,3)26-19(25)23-9-8-14(11-23)17(24)22-18-21-15-7-6-13(12-4-5-12)10-16(15)27-18/h6-7,10,12,14H,4-5,8-9,11H2,1-3H3,(H,21,22,24)/t14-/m0/s1. The van der Waals surface area contributed by atoms with E-state index >= 15 is 0 Å². The number of nitrogens with zero attached hydrogens (tertiary/aromatic N) is 2. The van der Waals surface area contributed by atoms with Gasteiger partial charge in [0.05, 0.1) is 16.1 Å². The van der Waals surface area contributed by atoms with Crippen LogP contribution in [0.15, 0.2) is 18.2 Å². The monoisotopic (exact) mass is 387 g/mol. The van der Waals surface area contributed by atoms with Gasteiger partial charge in [0.25, 0.3) is 0 Å². The van der Waals surface area contributed by atoms with Gasteiger partial charge >= 0.3 is 6.09 Å². The summed E-state index contributed by atoms with van der Waals surface area (Å²) in [5.74, 6) is 0.390. The van der Waals surface area contributed by atoms with E-state index < -0.39 is 5.60 Å². The fraction of sp³-hybridized carbons (Fsp3) is 0.550. The van der Waals surface area contributed by atoms with Crippen LogP contribution in [0.3, 0.4) is 0 Å². The number of benzene rings is 1. The van der Waals surface area contributed by atoms with Crippen LogP contribution in [0, 0.1) is 5.92 Å². The number of nitrogens with one attached hydrogen (secondary N) is 1. The second-order valence-corrected chi connectivity index (χ2v) is 9.45. The zero-order chi connectivity index (χ0) is 19.2. The number of rotatable bonds is 3. The molecule has 1 N–H and O–H groups in total. The fourth-order valence-electron chi connectivity index (χ4n) is 3.34. The summed E-state index contributed by atoms with van der Waals surface area (Å²) in [5.41, 5.74) is 1.76. The Bertz CT molecular complexity index is 882. The number of aromatic nitrogens is 1. The molecule has 1 aliphatic heterocycles. The Morgan fingerprint density at radius 2 is 2.04 bits per heavy atom. The van der Waals surface area contributed by atoms with Gasteiger partial charge in [-0.2, -0.15) is 0 Å². The van der Waals surface area contributed by atoms with Gasteiger partial charge in [-0.1, -0.05) is 17.4 Å². The minimum Gasteiger partial charge on any atom is -0.444 e. The van der Waals surface area contributed by atoms with Crippen molar-refractivity contribution in [2.24, 2.45) is 5.92 Å². The number of ether oxygens (including phenoxy) is 1. The second-order valence-electron chi connectivity index (χ2n) is 8.42. The Labute approximate surface area is 162 Å². The number of thiazole rings is 1. The molecule has 27 heavy (non-hydrogen) atoms. The molecule has 1 aromatic carbocycles. The highest BCUT2D eigenvalue weighted by Gasteiger charge is 2.33. The molecule has 0 spiro atoms. The van der Waals surface area contributed by atoms with Crippen LogP contribution in [0.2, 0.25) is 0 Å². The van der Waals surface area contributed by atoms with Gasteiger partial charge < -0.3 is 15.0 Å². The summed E-state index contributed by atoms with van der Waals surface area (Å²) in [6.07, 6.45) is 2.82. The van der Waals surface area contributed by atoms with E-state index in [0.717, 1.165) is 10.2 Å². The number of hydrogen-bond acceptors (Lipinski definition) is 5. The van der Waals surface area contributed by atoms with E-state index in [9.17, 15) is 9.59 Å². The van der Waals surface area contributed by atoms with Crippen LogP contribution in [-0.4, -0.2) is 40.6 Å². The van der Waals surface area contributed by atoms with Crippen LogP contribution in [0.1, 0.15) is 51.5 Å². The minimum absolute atomic E-state index is 0.0810. The van der Waals surface area contributed by atoms with Crippen molar-refractivity contribution < 1.29 is 14.3 Å². The molecule has 0 radical (unpaired) electrons. The summed E-state index contributed by atoms with van der Waals surface area (Å²) >= 11 is 1.51. The van der Waals surface area contributed by atoms with Gasteiger partial charge in [-0.25, -0.2) is 9.78 Å². The Balaban J connectivity index is 1.38. The van der Waals surface area contributed by atoms with Crippen LogP contribution < -0.4 is 5.32 Å². The van der Waals surface area contributed by atoms with Crippen LogP contribution in [0.5, 0.6) is 0 Å². The molecule has 1 saturated heterocycles. The molecule has 4 rings (SSSR count). The molecule has 144 valence electrons. The number of carbonyl (C=O) groups excluding carboxylic acids is 2. The summed E-state index contributed by atoms with van der Waals surface area (Å²) in [4.78, 5) is 30.9. The molecule has 2 fully saturated rings. The predicted molar refractivity (Wildman–Crippen MR) is 106 cm³/mol. The zero-order valence-corrected chi connectivity index (χ0v) is 16.8. The lowest BCUT2D eigenvalue weighted by Crippen LogP contribution is -2.36. The number of likely N-dealkylation sites (tertiary alicyclic amines) is 1. The van der Waals surface area contributed by atoms with E-state index in [1.165, 1.54) is 29.7 Å². The van der Waals surface area contributed by atoms with Crippen LogP contribution in [0.4, 0.5) is 9.93 Å². The number of fused-ring (bicyclic) bond motifs is 1. The quantitative estimate of drug-likeness (QED) is 0.849. The third-order valence-corrected chi connectivity index (χ3v) is 5.84. The molecule has 7 heteroatoms. The van der Waals surface area contributed by atoms with E-state index in [-0.39, 0.29) is 17.9 Å². The van der Waals surface area contributed by atoms with Gasteiger partial charge in [0.2, 0.25) is 5.91 Å². The summed E-state index contributed by atoms with van der Waals surface area (Å²) in [7, 11) is 0. The Hall–Kier alpha value is -2.15. The van der Waals surface area contributed by atoms with Crippen molar-refractivity contribution in [3.05, 3.63) is 23.8 Å². The van der Waals surface area contributed by atoms with Crippen LogP contribution in [0.25, 0.3) is 10.2 Å². The molecule has 1 aromatic heterocycles. The molecule has 0 unspecified atom stereocenters. The summed E-state index contributed by atoms with van der Waals surface area (Å²) in [6.45, 7) is 6.45. The maximum Gasteiger partial charge on any atom is 0.410 e. The highest BCUT2D eigenvalue weighted by atomic mass is 32.1. The molecular formula is C20H25N3O3S. The van der Waals surface area contributed by atoms with E-state index in [4.69, 9.17) is 4.74 Å². The molecule has 2 heterocycles. The molecule has 0 bridgehead atoms. The summed E-state index contributed by atoms with van der Waals surface area (Å²) in [5, 5.41) is 3.56. The van der Waals surface area contributed by atoms with Gasteiger partial charge in [0, 0.05) is 13.1 Å². The highest BCUT2D eigenvalue weighted by molar-refractivity contribution is 7.22. The molecule has 2 aliphatic rings. The SMILES string of the molecule is CC(C)(C)OC(=O)N1CC[C@H](C(=O)Nc2nc3ccc(C4CC4)cc3s2)C1. The van der Waals surface area contributed by atoms with E-state index in [1.807, 2.05) is 26.8 Å². The lowest BCUT2D eigenvalue weighted by atomic mass is 10.1. The average molecular weight is 388 g/mol. The fourth-order valence-corrected chi connectivity index (χ4v) is 4.26. The first kappa shape index (κ1) is 18.2. The second kappa shape index (κ2) is 6.78. The van der Waals surface area contributed by atoms with Gasteiger partial charge in [0.1, 0.15) is 5.60 Å². The zero-order valence-electron chi connectivity index (χ0n) is 15.9. The van der Waals surface area contributed by atoms with Crippen molar-refractivity contribution in [3.63, 3.8) is 0 Å². The smallest absolute Gasteiger partial charge is 0.410 e. The Kier molecular flexibility index (Phi) is 4.58. The number of hydrogen-bond donors (Lipinski definition) is 1. The van der Waals surface area contributed by atoms with Crippen molar-refractivity contribution in [3.8, 4) is 0 Å². The van der Waals surface area contributed by atoms with Gasteiger partial charge in [-0.05, 0) is 63.6 Å². The summed E-state index contributed by atoms with van der Waals surface area (Å²) in [6, 6.07) is 6.37. The Morgan fingerprint density at radius 1 is 1.26 bits per heavy atom. The van der Waals surface area contributed by atoms with Crippen molar-refractivity contribution in [2.75, 3.05) is 18.4 Å². The normalized spacial score (nSPS) is 20.1. The molecule has 2 amide bonds.